The molecular formula is C20H35NO4. The van der Waals surface area contributed by atoms with Crippen LogP contribution in [0.4, 0.5) is 0 Å². The smallest absolute Gasteiger partial charge is 0.220 e. The van der Waals surface area contributed by atoms with Gasteiger partial charge in [0, 0.05) is 31.6 Å². The van der Waals surface area contributed by atoms with Crippen LogP contribution in [0, 0.1) is 5.92 Å². The maximum atomic E-state index is 12.0. The van der Waals surface area contributed by atoms with Gasteiger partial charge >= 0.3 is 0 Å². The van der Waals surface area contributed by atoms with Gasteiger partial charge in [-0.2, -0.15) is 0 Å². The van der Waals surface area contributed by atoms with Crippen molar-refractivity contribution < 1.29 is 19.1 Å². The molecule has 0 bridgehead atoms. The van der Waals surface area contributed by atoms with Gasteiger partial charge in [0.05, 0.1) is 12.2 Å². The molecule has 144 valence electrons. The predicted octanol–water partition coefficient (Wildman–Crippen LogP) is 3.39. The summed E-state index contributed by atoms with van der Waals surface area (Å²) in [6.07, 6.45) is 10.0. The molecule has 25 heavy (non-hydrogen) atoms. The number of Topliss-reactive ketones (excluding diaryl/α,β-unsaturated/α-hetero) is 1. The summed E-state index contributed by atoms with van der Waals surface area (Å²) in [5.74, 6) is 0.617. The highest BCUT2D eigenvalue weighted by molar-refractivity contribution is 5.78. The van der Waals surface area contributed by atoms with E-state index in [1.807, 2.05) is 6.92 Å². The Bertz CT molecular complexity index is 410. The molecule has 0 aromatic rings. The van der Waals surface area contributed by atoms with Crippen molar-refractivity contribution in [3.63, 3.8) is 0 Å². The molecule has 0 heterocycles. The van der Waals surface area contributed by atoms with Crippen LogP contribution in [0.5, 0.6) is 0 Å². The number of ether oxygens (including phenoxy) is 2. The molecule has 5 heteroatoms. The number of carbonyl (C=O) groups is 2. The Labute approximate surface area is 152 Å². The van der Waals surface area contributed by atoms with Gasteiger partial charge in [0.25, 0.3) is 0 Å². The average Bonchev–Trinajstić information content (AvgIpc) is 2.61. The Morgan fingerprint density at radius 3 is 2.08 bits per heavy atom. The SMILES string of the molecule is CCO[C@H]1CC[C@H](OCCCC(=O)N[C@H]2CC[C@H](C(C)=O)CC2)CC1. The lowest BCUT2D eigenvalue weighted by Crippen LogP contribution is -2.38. The number of rotatable bonds is 9. The van der Waals surface area contributed by atoms with Gasteiger partial charge in [0.15, 0.2) is 0 Å². The van der Waals surface area contributed by atoms with Crippen molar-refractivity contribution in [2.24, 2.45) is 5.92 Å². The third-order valence-electron chi connectivity index (χ3n) is 5.59. The molecule has 2 saturated carbocycles. The number of nitrogens with one attached hydrogen (secondary N) is 1. The normalized spacial score (nSPS) is 30.0. The zero-order chi connectivity index (χ0) is 18.1. The molecule has 0 atom stereocenters. The fourth-order valence-corrected chi connectivity index (χ4v) is 4.03. The predicted molar refractivity (Wildman–Crippen MR) is 97.4 cm³/mol. The lowest BCUT2D eigenvalue weighted by atomic mass is 9.84. The molecular weight excluding hydrogens is 318 g/mol. The lowest BCUT2D eigenvalue weighted by Gasteiger charge is -2.28. The summed E-state index contributed by atoms with van der Waals surface area (Å²) in [6, 6.07) is 0.248. The zero-order valence-electron chi connectivity index (χ0n) is 15.9. The molecule has 0 aliphatic heterocycles. The largest absolute Gasteiger partial charge is 0.379 e. The van der Waals surface area contributed by atoms with Gasteiger partial charge < -0.3 is 14.8 Å². The van der Waals surface area contributed by atoms with E-state index < -0.39 is 0 Å². The maximum Gasteiger partial charge on any atom is 0.220 e. The van der Waals surface area contributed by atoms with Crippen molar-refractivity contribution in [3.05, 3.63) is 0 Å². The fraction of sp³-hybridized carbons (Fsp3) is 0.900. The van der Waals surface area contributed by atoms with Crippen LogP contribution in [-0.4, -0.2) is 43.2 Å². The summed E-state index contributed by atoms with van der Waals surface area (Å²) >= 11 is 0. The molecule has 2 fully saturated rings. The minimum Gasteiger partial charge on any atom is -0.379 e. The van der Waals surface area contributed by atoms with E-state index in [0.717, 1.165) is 64.4 Å². The van der Waals surface area contributed by atoms with E-state index in [0.29, 0.717) is 25.2 Å². The molecule has 2 aliphatic rings. The van der Waals surface area contributed by atoms with Crippen molar-refractivity contribution in [2.45, 2.75) is 96.3 Å². The van der Waals surface area contributed by atoms with Gasteiger partial charge in [-0.15, -0.1) is 0 Å². The Morgan fingerprint density at radius 1 is 0.920 bits per heavy atom. The van der Waals surface area contributed by atoms with Crippen LogP contribution in [0.1, 0.15) is 78.1 Å². The first-order valence-electron chi connectivity index (χ1n) is 10.1. The monoisotopic (exact) mass is 353 g/mol. The Kier molecular flexibility index (Phi) is 8.90. The van der Waals surface area contributed by atoms with Crippen LogP contribution in [-0.2, 0) is 19.1 Å². The summed E-state index contributed by atoms with van der Waals surface area (Å²) < 4.78 is 11.6. The van der Waals surface area contributed by atoms with Gasteiger partial charge in [0.1, 0.15) is 5.78 Å². The van der Waals surface area contributed by atoms with Crippen LogP contribution in [0.25, 0.3) is 0 Å². The van der Waals surface area contributed by atoms with E-state index in [4.69, 9.17) is 9.47 Å². The van der Waals surface area contributed by atoms with Crippen LogP contribution < -0.4 is 5.32 Å². The van der Waals surface area contributed by atoms with Crippen molar-refractivity contribution >= 4 is 11.7 Å². The van der Waals surface area contributed by atoms with Gasteiger partial charge in [-0.25, -0.2) is 0 Å². The summed E-state index contributed by atoms with van der Waals surface area (Å²) in [5, 5.41) is 3.11. The molecule has 2 aliphatic carbocycles. The first-order chi connectivity index (χ1) is 12.1. The highest BCUT2D eigenvalue weighted by Crippen LogP contribution is 2.25. The van der Waals surface area contributed by atoms with Crippen LogP contribution in [0.3, 0.4) is 0 Å². The molecule has 1 N–H and O–H groups in total. The van der Waals surface area contributed by atoms with E-state index in [-0.39, 0.29) is 23.7 Å². The number of hydrogen-bond donors (Lipinski definition) is 1. The minimum atomic E-state index is 0.120. The number of hydrogen-bond acceptors (Lipinski definition) is 4. The molecule has 0 aromatic heterocycles. The second-order valence-corrected chi connectivity index (χ2v) is 7.56. The summed E-state index contributed by atoms with van der Waals surface area (Å²) in [5.41, 5.74) is 0. The summed E-state index contributed by atoms with van der Waals surface area (Å²) in [4.78, 5) is 23.4. The zero-order valence-corrected chi connectivity index (χ0v) is 15.9. The van der Waals surface area contributed by atoms with Gasteiger partial charge in [-0.05, 0) is 71.6 Å². The average molecular weight is 354 g/mol. The molecule has 1 amide bonds. The van der Waals surface area contributed by atoms with Crippen molar-refractivity contribution in [1.82, 2.24) is 5.32 Å². The Balaban J connectivity index is 1.50. The third-order valence-corrected chi connectivity index (χ3v) is 5.59. The highest BCUT2D eigenvalue weighted by atomic mass is 16.5. The number of ketones is 1. The second-order valence-electron chi connectivity index (χ2n) is 7.56. The first kappa shape index (κ1) is 20.4. The Hall–Kier alpha value is -0.940. The van der Waals surface area contributed by atoms with Crippen molar-refractivity contribution in [2.75, 3.05) is 13.2 Å². The van der Waals surface area contributed by atoms with E-state index >= 15 is 0 Å². The topological polar surface area (TPSA) is 64.6 Å². The van der Waals surface area contributed by atoms with Crippen molar-refractivity contribution in [1.29, 1.82) is 0 Å². The fourth-order valence-electron chi connectivity index (χ4n) is 4.03. The molecule has 0 saturated heterocycles. The number of amides is 1. The number of carbonyl (C=O) groups excluding carboxylic acids is 2. The molecule has 0 spiro atoms. The summed E-state index contributed by atoms with van der Waals surface area (Å²) in [7, 11) is 0. The van der Waals surface area contributed by atoms with Crippen molar-refractivity contribution in [3.8, 4) is 0 Å². The molecule has 0 aromatic carbocycles. The Morgan fingerprint density at radius 2 is 1.52 bits per heavy atom. The van der Waals surface area contributed by atoms with E-state index in [1.165, 1.54) is 0 Å². The van der Waals surface area contributed by atoms with Gasteiger partial charge in [-0.3, -0.25) is 9.59 Å². The van der Waals surface area contributed by atoms with Crippen LogP contribution in [0.15, 0.2) is 0 Å². The second kappa shape index (κ2) is 10.9. The minimum absolute atomic E-state index is 0.120. The molecule has 0 unspecified atom stereocenters. The van der Waals surface area contributed by atoms with Gasteiger partial charge in [0.2, 0.25) is 5.91 Å². The van der Waals surface area contributed by atoms with Crippen LogP contribution >= 0.6 is 0 Å². The van der Waals surface area contributed by atoms with Crippen LogP contribution in [0.2, 0.25) is 0 Å². The first-order valence-corrected chi connectivity index (χ1v) is 10.1. The van der Waals surface area contributed by atoms with E-state index in [1.54, 1.807) is 6.92 Å². The maximum absolute atomic E-state index is 12.0. The van der Waals surface area contributed by atoms with E-state index in [9.17, 15) is 9.59 Å². The highest BCUT2D eigenvalue weighted by Gasteiger charge is 2.25. The quantitative estimate of drug-likeness (QED) is 0.645. The van der Waals surface area contributed by atoms with Gasteiger partial charge in [-0.1, -0.05) is 0 Å². The summed E-state index contributed by atoms with van der Waals surface area (Å²) in [6.45, 7) is 5.17. The third kappa shape index (κ3) is 7.45. The molecule has 2 rings (SSSR count). The molecule has 0 radical (unpaired) electrons. The van der Waals surface area contributed by atoms with E-state index in [2.05, 4.69) is 5.32 Å². The standard InChI is InChI=1S/C20H35NO4/c1-3-24-18-10-12-19(13-11-18)25-14-4-5-20(23)21-17-8-6-16(7-9-17)15(2)22/h16-19H,3-14H2,1-2H3,(H,21,23)/t16-,17-,18-,19-. The lowest BCUT2D eigenvalue weighted by molar-refractivity contribution is -0.123. The molecule has 5 nitrogen and oxygen atoms in total.